The van der Waals surface area contributed by atoms with Gasteiger partial charge in [-0.15, -0.1) is 0 Å². The number of hydrogen-bond acceptors (Lipinski definition) is 2. The molecule has 88 valence electrons. The Balaban J connectivity index is 0.000000921. The maximum atomic E-state index is 11.6. The molecule has 0 bridgehead atoms. The number of carbonyl (C=O) groups excluding carboxylic acids is 2. The summed E-state index contributed by atoms with van der Waals surface area (Å²) in [6.45, 7) is 10.1. The molecule has 0 aromatic heterocycles. The summed E-state index contributed by atoms with van der Waals surface area (Å²) in [5.41, 5.74) is -0.347. The largest absolute Gasteiger partial charge is 0.326 e. The van der Waals surface area contributed by atoms with Crippen molar-refractivity contribution in [3.63, 3.8) is 0 Å². The van der Waals surface area contributed by atoms with Crippen LogP contribution in [0.3, 0.4) is 0 Å². The molecule has 1 aliphatic rings. The van der Waals surface area contributed by atoms with Crippen LogP contribution in [-0.4, -0.2) is 40.9 Å². The predicted molar refractivity (Wildman–Crippen MR) is 60.6 cm³/mol. The third-order valence-corrected chi connectivity index (χ3v) is 2.63. The van der Waals surface area contributed by atoms with E-state index >= 15 is 0 Å². The number of urea groups is 1. The van der Waals surface area contributed by atoms with Crippen molar-refractivity contribution in [2.24, 2.45) is 0 Å². The van der Waals surface area contributed by atoms with E-state index in [1.165, 1.54) is 4.90 Å². The van der Waals surface area contributed by atoms with Crippen molar-refractivity contribution in [3.8, 4) is 0 Å². The third kappa shape index (κ3) is 2.70. The van der Waals surface area contributed by atoms with Crippen LogP contribution in [0.15, 0.2) is 0 Å². The van der Waals surface area contributed by atoms with Gasteiger partial charge >= 0.3 is 6.03 Å². The van der Waals surface area contributed by atoms with E-state index in [0.717, 1.165) is 0 Å². The van der Waals surface area contributed by atoms with Crippen LogP contribution in [0.2, 0.25) is 0 Å². The molecule has 1 heterocycles. The minimum Gasteiger partial charge on any atom is -0.322 e. The fraction of sp³-hybridized carbons (Fsp3) is 0.818. The van der Waals surface area contributed by atoms with Crippen LogP contribution < -0.4 is 0 Å². The Labute approximate surface area is 92.2 Å². The third-order valence-electron chi connectivity index (χ3n) is 2.63. The van der Waals surface area contributed by atoms with Crippen LogP contribution in [0.4, 0.5) is 4.79 Å². The molecule has 0 spiro atoms. The Hall–Kier alpha value is -1.06. The van der Waals surface area contributed by atoms with Gasteiger partial charge < -0.3 is 4.90 Å². The Bertz CT molecular complexity index is 249. The molecule has 0 saturated carbocycles. The van der Waals surface area contributed by atoms with Gasteiger partial charge in [-0.2, -0.15) is 0 Å². The minimum atomic E-state index is -0.347. The van der Waals surface area contributed by atoms with Gasteiger partial charge in [0, 0.05) is 19.1 Å². The first-order chi connectivity index (χ1) is 6.90. The molecule has 1 aliphatic heterocycles. The summed E-state index contributed by atoms with van der Waals surface area (Å²) in [5, 5.41) is 0. The molecular formula is C11H22N2O2. The van der Waals surface area contributed by atoms with Crippen LogP contribution in [0.1, 0.15) is 41.0 Å². The molecule has 15 heavy (non-hydrogen) atoms. The second-order valence-corrected chi connectivity index (χ2v) is 3.97. The van der Waals surface area contributed by atoms with Gasteiger partial charge in [-0.1, -0.05) is 13.8 Å². The molecule has 4 heteroatoms. The van der Waals surface area contributed by atoms with Gasteiger partial charge in [0.25, 0.3) is 0 Å². The first kappa shape index (κ1) is 13.9. The predicted octanol–water partition coefficient (Wildman–Crippen LogP) is 2.10. The Morgan fingerprint density at radius 2 is 1.73 bits per heavy atom. The molecule has 1 rings (SSSR count). The summed E-state index contributed by atoms with van der Waals surface area (Å²) in [6, 6.07) is -0.191. The normalized spacial score (nSPS) is 19.9. The van der Waals surface area contributed by atoms with E-state index < -0.39 is 0 Å². The molecule has 0 N–H and O–H groups in total. The number of nitrogens with zero attached hydrogens (tertiary/aromatic N) is 2. The highest BCUT2D eigenvalue weighted by Crippen LogP contribution is 2.24. The average molecular weight is 214 g/mol. The minimum absolute atomic E-state index is 0.0735. The smallest absolute Gasteiger partial charge is 0.322 e. The van der Waals surface area contributed by atoms with Gasteiger partial charge in [-0.05, 0) is 20.8 Å². The van der Waals surface area contributed by atoms with Crippen molar-refractivity contribution < 1.29 is 9.59 Å². The van der Waals surface area contributed by atoms with Crippen molar-refractivity contribution in [1.29, 1.82) is 0 Å². The molecule has 0 unspecified atom stereocenters. The lowest BCUT2D eigenvalue weighted by Crippen LogP contribution is -2.59. The summed E-state index contributed by atoms with van der Waals surface area (Å²) < 4.78 is 0. The Morgan fingerprint density at radius 1 is 1.27 bits per heavy atom. The topological polar surface area (TPSA) is 40.6 Å². The van der Waals surface area contributed by atoms with Gasteiger partial charge in [0.2, 0.25) is 5.91 Å². The molecule has 3 amide bonds. The first-order valence-corrected chi connectivity index (χ1v) is 5.48. The molecule has 1 fully saturated rings. The maximum Gasteiger partial charge on any atom is 0.326 e. The van der Waals surface area contributed by atoms with Gasteiger partial charge in [-0.3, -0.25) is 9.69 Å². The highest BCUT2D eigenvalue weighted by molar-refractivity contribution is 5.97. The van der Waals surface area contributed by atoms with Crippen molar-refractivity contribution in [2.45, 2.75) is 46.6 Å². The molecule has 0 atom stereocenters. The molecule has 0 aromatic rings. The number of amides is 3. The average Bonchev–Trinajstić information content (AvgIpc) is 2.18. The van der Waals surface area contributed by atoms with Crippen LogP contribution in [0.5, 0.6) is 0 Å². The summed E-state index contributed by atoms with van der Waals surface area (Å²) in [4.78, 5) is 26.0. The number of rotatable bonds is 1. The summed E-state index contributed by atoms with van der Waals surface area (Å²) in [7, 11) is 1.73. The highest BCUT2D eigenvalue weighted by Gasteiger charge is 2.40. The van der Waals surface area contributed by atoms with Gasteiger partial charge in [0.1, 0.15) is 0 Å². The zero-order chi connectivity index (χ0) is 12.2. The van der Waals surface area contributed by atoms with Crippen LogP contribution in [0, 0.1) is 0 Å². The number of carbonyl (C=O) groups is 2. The lowest BCUT2D eigenvalue weighted by atomic mass is 9.96. The summed E-state index contributed by atoms with van der Waals surface area (Å²) in [5.74, 6) is -0.0735. The van der Waals surface area contributed by atoms with Crippen molar-refractivity contribution >= 4 is 11.9 Å². The number of imide groups is 1. The first-order valence-electron chi connectivity index (χ1n) is 5.48. The molecule has 1 saturated heterocycles. The zero-order valence-electron chi connectivity index (χ0n) is 10.6. The van der Waals surface area contributed by atoms with E-state index in [9.17, 15) is 9.59 Å². The van der Waals surface area contributed by atoms with Gasteiger partial charge in [-0.25, -0.2) is 4.79 Å². The zero-order valence-corrected chi connectivity index (χ0v) is 10.6. The van der Waals surface area contributed by atoms with E-state index in [4.69, 9.17) is 0 Å². The summed E-state index contributed by atoms with van der Waals surface area (Å²) in [6.07, 6.45) is 0.406. The number of hydrogen-bond donors (Lipinski definition) is 0. The van der Waals surface area contributed by atoms with E-state index in [-0.39, 0.29) is 17.5 Å². The molecule has 4 nitrogen and oxygen atoms in total. The molecule has 0 radical (unpaired) electrons. The lowest BCUT2D eigenvalue weighted by Gasteiger charge is -2.43. The lowest BCUT2D eigenvalue weighted by molar-refractivity contribution is -0.134. The second-order valence-electron chi connectivity index (χ2n) is 3.97. The van der Waals surface area contributed by atoms with Gasteiger partial charge in [0.15, 0.2) is 0 Å². The van der Waals surface area contributed by atoms with Crippen molar-refractivity contribution in [3.05, 3.63) is 0 Å². The SMILES string of the molecule is CC.CCN1C(=O)CC(C)(C)N(C)C1=O. The molecule has 0 aromatic carbocycles. The van der Waals surface area contributed by atoms with E-state index in [1.807, 2.05) is 34.6 Å². The van der Waals surface area contributed by atoms with Crippen LogP contribution >= 0.6 is 0 Å². The van der Waals surface area contributed by atoms with E-state index in [2.05, 4.69) is 0 Å². The standard InChI is InChI=1S/C9H16N2O2.C2H6/c1-5-11-7(12)6-9(2,3)10(4)8(11)13;1-2/h5-6H2,1-4H3;1-2H3. The fourth-order valence-electron chi connectivity index (χ4n) is 1.44. The quantitative estimate of drug-likeness (QED) is 0.670. The Morgan fingerprint density at radius 3 is 2.13 bits per heavy atom. The van der Waals surface area contributed by atoms with Gasteiger partial charge in [0.05, 0.1) is 6.42 Å². The van der Waals surface area contributed by atoms with Crippen molar-refractivity contribution in [1.82, 2.24) is 9.80 Å². The fourth-order valence-corrected chi connectivity index (χ4v) is 1.44. The Kier molecular flexibility index (Phi) is 4.78. The highest BCUT2D eigenvalue weighted by atomic mass is 16.2. The maximum absolute atomic E-state index is 11.6. The second kappa shape index (κ2) is 5.14. The monoisotopic (exact) mass is 214 g/mol. The molecule has 0 aliphatic carbocycles. The van der Waals surface area contributed by atoms with Crippen molar-refractivity contribution in [2.75, 3.05) is 13.6 Å². The van der Waals surface area contributed by atoms with Crippen LogP contribution in [-0.2, 0) is 4.79 Å². The van der Waals surface area contributed by atoms with Crippen LogP contribution in [0.25, 0.3) is 0 Å². The summed E-state index contributed by atoms with van der Waals surface area (Å²) >= 11 is 0. The van der Waals surface area contributed by atoms with E-state index in [0.29, 0.717) is 13.0 Å². The molecular weight excluding hydrogens is 192 g/mol. The van der Waals surface area contributed by atoms with E-state index in [1.54, 1.807) is 11.9 Å².